The molecule has 1 heterocycles. The Morgan fingerprint density at radius 1 is 1.65 bits per heavy atom. The summed E-state index contributed by atoms with van der Waals surface area (Å²) in [5.41, 5.74) is -0.655. The number of carboxylic acids is 1. The van der Waals surface area contributed by atoms with Crippen LogP contribution in [0.1, 0.15) is 23.0 Å². The Bertz CT molecular complexity index is 375. The van der Waals surface area contributed by atoms with Crippen LogP contribution in [-0.2, 0) is 6.54 Å². The number of hydrogen-bond donors (Lipinski definition) is 3. The molecule has 0 saturated heterocycles. The Balaban J connectivity index is 2.46. The highest BCUT2D eigenvalue weighted by Gasteiger charge is 2.20. The van der Waals surface area contributed by atoms with Gasteiger partial charge in [-0.05, 0) is 19.2 Å². The number of aliphatic hydroxyl groups is 1. The third-order valence-electron chi connectivity index (χ3n) is 2.22. The van der Waals surface area contributed by atoms with E-state index in [0.717, 1.165) is 0 Å². The highest BCUT2D eigenvalue weighted by molar-refractivity contribution is 7.98. The van der Waals surface area contributed by atoms with Crippen LogP contribution in [-0.4, -0.2) is 40.3 Å². The van der Waals surface area contributed by atoms with Crippen molar-refractivity contribution in [3.8, 4) is 0 Å². The Hall–Kier alpha value is -0.980. The number of thioether (sulfide) groups is 1. The van der Waals surface area contributed by atoms with Crippen LogP contribution in [0.4, 0.5) is 0 Å². The average Bonchev–Trinajstić information content (AvgIpc) is 2.65. The molecule has 0 bridgehead atoms. The second-order valence-electron chi connectivity index (χ2n) is 4.10. The van der Waals surface area contributed by atoms with Crippen molar-refractivity contribution >= 4 is 17.7 Å². The lowest BCUT2D eigenvalue weighted by Crippen LogP contribution is -2.39. The lowest BCUT2D eigenvalue weighted by molar-refractivity contribution is 0.0694. The summed E-state index contributed by atoms with van der Waals surface area (Å²) in [6.07, 6.45) is 3.27. The fourth-order valence-electron chi connectivity index (χ4n) is 1.48. The van der Waals surface area contributed by atoms with Gasteiger partial charge >= 0.3 is 5.97 Å². The van der Waals surface area contributed by atoms with E-state index >= 15 is 0 Å². The van der Waals surface area contributed by atoms with Crippen LogP contribution in [0.5, 0.6) is 0 Å². The zero-order chi connectivity index (χ0) is 12.9. The maximum atomic E-state index is 10.8. The van der Waals surface area contributed by atoms with Gasteiger partial charge in [0.15, 0.2) is 0 Å². The van der Waals surface area contributed by atoms with Crippen LogP contribution in [0.25, 0.3) is 0 Å². The smallest absolute Gasteiger partial charge is 0.339 e. The number of rotatable bonds is 7. The van der Waals surface area contributed by atoms with Crippen LogP contribution in [0.2, 0.25) is 0 Å². The first-order valence-electron chi connectivity index (χ1n) is 5.18. The van der Waals surface area contributed by atoms with Crippen LogP contribution < -0.4 is 5.32 Å². The molecule has 0 radical (unpaired) electrons. The zero-order valence-electron chi connectivity index (χ0n) is 9.90. The summed E-state index contributed by atoms with van der Waals surface area (Å²) in [5.74, 6) is -0.0203. The van der Waals surface area contributed by atoms with Gasteiger partial charge in [-0.2, -0.15) is 11.8 Å². The van der Waals surface area contributed by atoms with Gasteiger partial charge in [-0.1, -0.05) is 0 Å². The van der Waals surface area contributed by atoms with E-state index in [2.05, 4.69) is 5.32 Å². The van der Waals surface area contributed by atoms with Crippen molar-refractivity contribution in [2.75, 3.05) is 18.6 Å². The second kappa shape index (κ2) is 6.09. The number of carbonyl (C=O) groups is 1. The SMILES string of the molecule is CSCC(C)(O)CNCc1occc1C(=O)O. The molecule has 0 aliphatic rings. The summed E-state index contributed by atoms with van der Waals surface area (Å²) in [5, 5.41) is 21.7. The monoisotopic (exact) mass is 259 g/mol. The van der Waals surface area contributed by atoms with Gasteiger partial charge in [-0.15, -0.1) is 0 Å². The number of carboxylic acid groups (broad SMARTS) is 1. The lowest BCUT2D eigenvalue weighted by atomic mass is 10.1. The predicted octanol–water partition coefficient (Wildman–Crippen LogP) is 1.18. The van der Waals surface area contributed by atoms with Gasteiger partial charge in [0.1, 0.15) is 11.3 Å². The minimum Gasteiger partial charge on any atom is -0.478 e. The van der Waals surface area contributed by atoms with E-state index in [1.807, 2.05) is 6.26 Å². The standard InChI is InChI=1S/C11H17NO4S/c1-11(15,7-17-2)6-12-5-9-8(10(13)14)3-4-16-9/h3-4,12,15H,5-7H2,1-2H3,(H,13,14). The number of nitrogens with one attached hydrogen (secondary N) is 1. The van der Waals surface area contributed by atoms with Crippen LogP contribution in [0, 0.1) is 0 Å². The van der Waals surface area contributed by atoms with E-state index in [4.69, 9.17) is 9.52 Å². The molecule has 0 amide bonds. The van der Waals surface area contributed by atoms with Crippen molar-refractivity contribution in [1.29, 1.82) is 0 Å². The molecule has 1 rings (SSSR count). The second-order valence-corrected chi connectivity index (χ2v) is 4.96. The van der Waals surface area contributed by atoms with Crippen LogP contribution >= 0.6 is 11.8 Å². The topological polar surface area (TPSA) is 82.7 Å². The molecule has 0 aliphatic heterocycles. The van der Waals surface area contributed by atoms with E-state index in [9.17, 15) is 9.90 Å². The molecular weight excluding hydrogens is 242 g/mol. The van der Waals surface area contributed by atoms with Crippen LogP contribution in [0.15, 0.2) is 16.7 Å². The number of furan rings is 1. The maximum Gasteiger partial charge on any atom is 0.339 e. The van der Waals surface area contributed by atoms with Crippen molar-refractivity contribution in [2.45, 2.75) is 19.1 Å². The third kappa shape index (κ3) is 4.41. The van der Waals surface area contributed by atoms with E-state index < -0.39 is 11.6 Å². The quantitative estimate of drug-likeness (QED) is 0.682. The molecular formula is C11H17NO4S. The van der Waals surface area contributed by atoms with Gasteiger partial charge in [0.2, 0.25) is 0 Å². The molecule has 17 heavy (non-hydrogen) atoms. The first kappa shape index (κ1) is 14.1. The average molecular weight is 259 g/mol. The summed E-state index contributed by atoms with van der Waals surface area (Å²) < 4.78 is 5.07. The Morgan fingerprint density at radius 2 is 2.35 bits per heavy atom. The summed E-state index contributed by atoms with van der Waals surface area (Å²) >= 11 is 1.56. The molecule has 5 nitrogen and oxygen atoms in total. The first-order valence-corrected chi connectivity index (χ1v) is 6.57. The predicted molar refractivity (Wildman–Crippen MR) is 66.4 cm³/mol. The first-order chi connectivity index (χ1) is 7.96. The molecule has 0 spiro atoms. The van der Waals surface area contributed by atoms with Crippen molar-refractivity contribution in [3.63, 3.8) is 0 Å². The van der Waals surface area contributed by atoms with E-state index in [-0.39, 0.29) is 5.56 Å². The highest BCUT2D eigenvalue weighted by atomic mass is 32.2. The Kier molecular flexibility index (Phi) is 5.04. The van der Waals surface area contributed by atoms with Crippen molar-refractivity contribution < 1.29 is 19.4 Å². The fourth-order valence-corrected chi connectivity index (χ4v) is 2.20. The van der Waals surface area contributed by atoms with E-state index in [0.29, 0.717) is 24.6 Å². The molecule has 3 N–H and O–H groups in total. The lowest BCUT2D eigenvalue weighted by Gasteiger charge is -2.22. The summed E-state index contributed by atoms with van der Waals surface area (Å²) in [7, 11) is 0. The maximum absolute atomic E-state index is 10.8. The third-order valence-corrected chi connectivity index (χ3v) is 3.13. The molecule has 1 atom stereocenters. The van der Waals surface area contributed by atoms with Crippen molar-refractivity contribution in [3.05, 3.63) is 23.7 Å². The van der Waals surface area contributed by atoms with Crippen molar-refractivity contribution in [2.24, 2.45) is 0 Å². The molecule has 0 saturated carbocycles. The summed E-state index contributed by atoms with van der Waals surface area (Å²) in [6, 6.07) is 1.42. The zero-order valence-corrected chi connectivity index (χ0v) is 10.7. The molecule has 0 fully saturated rings. The highest BCUT2D eigenvalue weighted by Crippen LogP contribution is 2.12. The number of aromatic carboxylic acids is 1. The molecule has 1 aromatic rings. The van der Waals surface area contributed by atoms with Crippen LogP contribution in [0.3, 0.4) is 0 Å². The number of hydrogen-bond acceptors (Lipinski definition) is 5. The van der Waals surface area contributed by atoms with Gasteiger partial charge < -0.3 is 19.9 Å². The molecule has 1 unspecified atom stereocenters. The summed E-state index contributed by atoms with van der Waals surface area (Å²) in [6.45, 7) is 2.41. The minimum absolute atomic E-state index is 0.155. The fraction of sp³-hybridized carbons (Fsp3) is 0.545. The van der Waals surface area contributed by atoms with E-state index in [1.54, 1.807) is 18.7 Å². The van der Waals surface area contributed by atoms with Gasteiger partial charge in [0, 0.05) is 12.3 Å². The molecule has 1 aromatic heterocycles. The van der Waals surface area contributed by atoms with E-state index in [1.165, 1.54) is 12.3 Å². The molecule has 96 valence electrons. The van der Waals surface area contributed by atoms with Gasteiger partial charge in [0.25, 0.3) is 0 Å². The molecule has 6 heteroatoms. The minimum atomic E-state index is -1.01. The van der Waals surface area contributed by atoms with Gasteiger partial charge in [-0.3, -0.25) is 0 Å². The van der Waals surface area contributed by atoms with Gasteiger partial charge in [-0.25, -0.2) is 4.79 Å². The van der Waals surface area contributed by atoms with Gasteiger partial charge in [0.05, 0.1) is 18.4 Å². The normalized spacial score (nSPS) is 14.5. The largest absolute Gasteiger partial charge is 0.478 e. The molecule has 0 aliphatic carbocycles. The molecule has 0 aromatic carbocycles. The van der Waals surface area contributed by atoms with Crippen molar-refractivity contribution in [1.82, 2.24) is 5.32 Å². The summed E-state index contributed by atoms with van der Waals surface area (Å²) in [4.78, 5) is 10.8. The Labute approximate surface area is 104 Å². The Morgan fingerprint density at radius 3 is 2.94 bits per heavy atom.